The van der Waals surface area contributed by atoms with Crippen molar-refractivity contribution < 1.29 is 23.8 Å². The zero-order chi connectivity index (χ0) is 18.4. The summed E-state index contributed by atoms with van der Waals surface area (Å²) < 4.78 is 73.7. The average molecular weight is 189 g/mol. The van der Waals surface area contributed by atoms with Gasteiger partial charge in [-0.1, -0.05) is 13.2 Å². The molecule has 1 aromatic heterocycles. The molecule has 1 aromatic rings. The lowest BCUT2D eigenvalue weighted by Gasteiger charge is -2.06. The van der Waals surface area contributed by atoms with Crippen molar-refractivity contribution in [3.63, 3.8) is 0 Å². The first-order valence-corrected chi connectivity index (χ1v) is 3.40. The fourth-order valence-electron chi connectivity index (χ4n) is 0.817. The zero-order valence-corrected chi connectivity index (χ0v) is 6.57. The third-order valence-corrected chi connectivity index (χ3v) is 1.40. The molecule has 13 heavy (non-hydrogen) atoms. The predicted molar refractivity (Wildman–Crippen MR) is 52.8 cm³/mol. The van der Waals surface area contributed by atoms with Gasteiger partial charge in [0.15, 0.2) is 0 Å². The first-order chi connectivity index (χ1) is 10.0. The minimum Gasteiger partial charge on any atom is -0.423 e. The van der Waals surface area contributed by atoms with Gasteiger partial charge >= 0.3 is 7.12 Å². The molecule has 1 heterocycles. The Morgan fingerprint density at radius 1 is 1.69 bits per heavy atom. The van der Waals surface area contributed by atoms with Crippen molar-refractivity contribution in [2.45, 2.75) is 26.4 Å². The molecule has 0 aromatic carbocycles. The molecule has 0 aliphatic heterocycles. The van der Waals surface area contributed by atoms with Crippen molar-refractivity contribution in [3.05, 3.63) is 23.5 Å². The van der Waals surface area contributed by atoms with Crippen LogP contribution in [0.2, 0.25) is 0 Å². The summed E-state index contributed by atoms with van der Waals surface area (Å²) in [6, 6.07) is 0.649. The van der Waals surface area contributed by atoms with Gasteiger partial charge < -0.3 is 10.0 Å². The lowest BCUT2D eigenvalue weighted by molar-refractivity contribution is 0.425. The van der Waals surface area contributed by atoms with Crippen molar-refractivity contribution in [1.82, 2.24) is 4.98 Å². The van der Waals surface area contributed by atoms with Crippen molar-refractivity contribution in [2.24, 2.45) is 0 Å². The van der Waals surface area contributed by atoms with E-state index in [0.29, 0.717) is 12.3 Å². The molecule has 0 radical (unpaired) electrons. The van der Waals surface area contributed by atoms with Crippen LogP contribution in [0, 0.1) is 6.85 Å². The molecule has 0 aliphatic carbocycles. The van der Waals surface area contributed by atoms with E-state index in [2.05, 4.69) is 4.98 Å². The summed E-state index contributed by atoms with van der Waals surface area (Å²) >= 11 is 0. The van der Waals surface area contributed by atoms with Gasteiger partial charge in [0.05, 0.1) is 0 Å². The zero-order valence-electron chi connectivity index (χ0n) is 16.6. The molecule has 0 atom stereocenters. The Balaban J connectivity index is 3.54. The van der Waals surface area contributed by atoms with E-state index in [1.165, 1.54) is 0 Å². The maximum absolute atomic E-state index is 9.27. The van der Waals surface area contributed by atoms with Crippen LogP contribution < -0.4 is 5.46 Å². The molecule has 70 valence electrons. The Kier molecular flexibility index (Phi) is 1.04. The molecule has 0 bridgehead atoms. The largest absolute Gasteiger partial charge is 0.488 e. The van der Waals surface area contributed by atoms with Crippen molar-refractivity contribution in [3.8, 4) is 0 Å². The molecular weight excluding hydrogens is 165 g/mol. The number of hydrogen-bond acceptors (Lipinski definition) is 3. The number of hydrogen-bond donors (Lipinski definition) is 2. The van der Waals surface area contributed by atoms with Gasteiger partial charge in [0.25, 0.3) is 0 Å². The quantitative estimate of drug-likeness (QED) is 0.659. The van der Waals surface area contributed by atoms with Gasteiger partial charge in [-0.15, -0.1) is 0 Å². The standard InChI is InChI=1S/C9H14BNO2/c1-3-4-8-5-9(10(12)13)7(2)6-11-8/h5-6,12-13H,3-4H2,1-2H3/i1D3,2D3,3D2,4D2. The minimum absolute atomic E-state index is 0.554. The van der Waals surface area contributed by atoms with Crippen molar-refractivity contribution in [2.75, 3.05) is 0 Å². The molecule has 1 rings (SSSR count). The van der Waals surface area contributed by atoms with Gasteiger partial charge in [-0.05, 0) is 30.3 Å². The maximum Gasteiger partial charge on any atom is 0.488 e. The first-order valence-electron chi connectivity index (χ1n) is 8.40. The summed E-state index contributed by atoms with van der Waals surface area (Å²) in [7, 11) is -2.28. The lowest BCUT2D eigenvalue weighted by atomic mass is 9.77. The van der Waals surface area contributed by atoms with Crippen LogP contribution in [-0.4, -0.2) is 22.2 Å². The SMILES string of the molecule is [2H]C([2H])([2H])c1cnc(C([2H])([2H])C([2H])([2H])C([2H])([2H])[2H])cc1B(O)O. The van der Waals surface area contributed by atoms with Crippen LogP contribution in [0.15, 0.2) is 12.3 Å². The molecule has 0 unspecified atom stereocenters. The van der Waals surface area contributed by atoms with E-state index >= 15 is 0 Å². The molecule has 0 saturated heterocycles. The summed E-state index contributed by atoms with van der Waals surface area (Å²) in [5.41, 5.74) is -1.91. The van der Waals surface area contributed by atoms with E-state index in [1.54, 1.807) is 0 Å². The summed E-state index contributed by atoms with van der Waals surface area (Å²) in [5, 5.41) is 18.5. The van der Waals surface area contributed by atoms with Crippen LogP contribution in [-0.2, 0) is 6.37 Å². The second-order valence-electron chi connectivity index (χ2n) is 2.28. The van der Waals surface area contributed by atoms with E-state index in [-0.39, 0.29) is 0 Å². The lowest BCUT2D eigenvalue weighted by Crippen LogP contribution is -2.32. The Hall–Kier alpha value is -0.865. The maximum atomic E-state index is 9.27. The van der Waals surface area contributed by atoms with Crippen LogP contribution in [0.1, 0.15) is 38.2 Å². The number of aromatic nitrogens is 1. The summed E-state index contributed by atoms with van der Waals surface area (Å²) in [6.45, 7) is -6.08. The van der Waals surface area contributed by atoms with Crippen LogP contribution in [0.5, 0.6) is 0 Å². The summed E-state index contributed by atoms with van der Waals surface area (Å²) in [4.78, 5) is 3.49. The fourth-order valence-corrected chi connectivity index (χ4v) is 0.817. The van der Waals surface area contributed by atoms with Gasteiger partial charge in [0.2, 0.25) is 0 Å². The summed E-state index contributed by atoms with van der Waals surface area (Å²) in [5.74, 6) is 0. The Morgan fingerprint density at radius 2 is 2.54 bits per heavy atom. The van der Waals surface area contributed by atoms with E-state index in [1.807, 2.05) is 0 Å². The third kappa shape index (κ3) is 2.54. The fraction of sp³-hybridized carbons (Fsp3) is 0.444. The number of pyridine rings is 1. The van der Waals surface area contributed by atoms with E-state index < -0.39 is 50.3 Å². The predicted octanol–water partition coefficient (Wildman–Crippen LogP) is 0.0223. The number of aryl methyl sites for hydroxylation is 2. The minimum atomic E-state index is -3.34. The highest BCUT2D eigenvalue weighted by molar-refractivity contribution is 6.59. The third-order valence-electron chi connectivity index (χ3n) is 1.40. The van der Waals surface area contributed by atoms with Crippen LogP contribution in [0.3, 0.4) is 0 Å². The Labute approximate surface area is 92.6 Å². The molecule has 4 heteroatoms. The monoisotopic (exact) mass is 189 g/mol. The second kappa shape index (κ2) is 4.39. The molecule has 0 fully saturated rings. The highest BCUT2D eigenvalue weighted by Gasteiger charge is 2.14. The van der Waals surface area contributed by atoms with Crippen LogP contribution in [0.4, 0.5) is 0 Å². The second-order valence-corrected chi connectivity index (χ2v) is 2.28. The van der Waals surface area contributed by atoms with Crippen molar-refractivity contribution >= 4 is 12.6 Å². The van der Waals surface area contributed by atoms with Crippen LogP contribution in [0.25, 0.3) is 0 Å². The van der Waals surface area contributed by atoms with Gasteiger partial charge in [-0.25, -0.2) is 0 Å². The van der Waals surface area contributed by atoms with E-state index in [4.69, 9.17) is 13.7 Å². The van der Waals surface area contributed by atoms with Gasteiger partial charge in [-0.3, -0.25) is 4.98 Å². The highest BCUT2D eigenvalue weighted by atomic mass is 16.4. The van der Waals surface area contributed by atoms with E-state index in [0.717, 1.165) is 0 Å². The first kappa shape index (κ1) is 3.07. The molecule has 0 aliphatic rings. The molecule has 3 nitrogen and oxygen atoms in total. The molecule has 0 spiro atoms. The smallest absolute Gasteiger partial charge is 0.423 e. The Bertz CT molecular complexity index is 583. The topological polar surface area (TPSA) is 53.4 Å². The van der Waals surface area contributed by atoms with Gasteiger partial charge in [-0.2, -0.15) is 0 Å². The number of rotatable bonds is 3. The molecule has 0 saturated carbocycles. The van der Waals surface area contributed by atoms with Gasteiger partial charge in [0.1, 0.15) is 0 Å². The van der Waals surface area contributed by atoms with E-state index in [9.17, 15) is 10.0 Å². The summed E-state index contributed by atoms with van der Waals surface area (Å²) in [6.07, 6.45) is -5.81. The Morgan fingerprint density at radius 3 is 3.15 bits per heavy atom. The normalized spacial score (nSPS) is 25.7. The number of nitrogens with zero attached hydrogens (tertiary/aromatic N) is 1. The van der Waals surface area contributed by atoms with Gasteiger partial charge in [0, 0.05) is 25.6 Å². The molecular formula is C9H14BNO2. The highest BCUT2D eigenvalue weighted by Crippen LogP contribution is 2.00. The molecule has 0 amide bonds. The van der Waals surface area contributed by atoms with Crippen LogP contribution >= 0.6 is 0 Å². The van der Waals surface area contributed by atoms with Crippen molar-refractivity contribution in [1.29, 1.82) is 0 Å². The molecule has 2 N–H and O–H groups in total. The average Bonchev–Trinajstić information content (AvgIpc) is 2.35.